The predicted molar refractivity (Wildman–Crippen MR) is 37.6 cm³/mol. The molecule has 0 saturated carbocycles. The smallest absolute Gasteiger partial charge is 0.132 e. The fourth-order valence-corrected chi connectivity index (χ4v) is 0.270. The second kappa shape index (κ2) is 3.15. The summed E-state index contributed by atoms with van der Waals surface area (Å²) < 4.78 is 0. The van der Waals surface area contributed by atoms with E-state index >= 15 is 0 Å². The highest BCUT2D eigenvalue weighted by molar-refractivity contribution is 4.54. The van der Waals surface area contributed by atoms with E-state index in [1.165, 1.54) is 0 Å². The van der Waals surface area contributed by atoms with Crippen LogP contribution in [0.4, 0.5) is 0 Å². The lowest BCUT2D eigenvalue weighted by molar-refractivity contribution is -0.0909. The van der Waals surface area contributed by atoms with Gasteiger partial charge in [0.25, 0.3) is 0 Å². The number of nitrogens with one attached hydrogen (secondary N) is 1. The quantitative estimate of drug-likeness (QED) is 0.437. The Morgan fingerprint density at radius 2 is 1.89 bits per heavy atom. The van der Waals surface area contributed by atoms with E-state index < -0.39 is 5.72 Å². The van der Waals surface area contributed by atoms with Crippen molar-refractivity contribution in [2.24, 2.45) is 5.73 Å². The van der Waals surface area contributed by atoms with Crippen LogP contribution >= 0.6 is 0 Å². The molecule has 0 unspecified atom stereocenters. The lowest BCUT2D eigenvalue weighted by Gasteiger charge is -2.20. The summed E-state index contributed by atoms with van der Waals surface area (Å²) >= 11 is 0. The van der Waals surface area contributed by atoms with Gasteiger partial charge in [-0.3, -0.25) is 4.84 Å². The molecule has 0 aliphatic carbocycles. The van der Waals surface area contributed by atoms with Gasteiger partial charge in [0.15, 0.2) is 0 Å². The summed E-state index contributed by atoms with van der Waals surface area (Å²) in [7, 11) is 0. The lowest BCUT2D eigenvalue weighted by Crippen LogP contribution is -2.42. The van der Waals surface area contributed by atoms with E-state index in [1.54, 1.807) is 13.8 Å². The van der Waals surface area contributed by atoms with E-state index in [1.807, 2.05) is 13.8 Å². The molecule has 0 spiro atoms. The van der Waals surface area contributed by atoms with Crippen LogP contribution in [-0.2, 0) is 4.84 Å². The van der Waals surface area contributed by atoms with Gasteiger partial charge in [0.2, 0.25) is 0 Å². The normalized spacial score (nSPS) is 12.7. The molecule has 9 heavy (non-hydrogen) atoms. The Bertz CT molecular complexity index is 75.6. The van der Waals surface area contributed by atoms with E-state index in [4.69, 9.17) is 10.6 Å². The number of nitrogens with two attached hydrogens (primary N) is 1. The third-order valence-electron chi connectivity index (χ3n) is 0.558. The number of rotatable bonds is 3. The minimum atomic E-state index is -0.579. The van der Waals surface area contributed by atoms with Crippen molar-refractivity contribution in [3.8, 4) is 0 Å². The molecule has 0 radical (unpaired) electrons. The standard InChI is InChI=1S/C6H16N2O/c1-5(2)8-9-6(3,4)7/h5,8H,7H2,1-4H3. The Balaban J connectivity index is 3.28. The fraction of sp³-hybridized carbons (Fsp3) is 1.00. The molecule has 0 aromatic carbocycles. The molecule has 3 N–H and O–H groups in total. The average Bonchev–Trinajstić information content (AvgIpc) is 1.59. The van der Waals surface area contributed by atoms with Crippen LogP contribution in [0.2, 0.25) is 0 Å². The van der Waals surface area contributed by atoms with E-state index in [2.05, 4.69) is 5.48 Å². The summed E-state index contributed by atoms with van der Waals surface area (Å²) in [5, 5.41) is 0. The zero-order valence-electron chi connectivity index (χ0n) is 6.56. The monoisotopic (exact) mass is 132 g/mol. The molecular weight excluding hydrogens is 116 g/mol. The van der Waals surface area contributed by atoms with Crippen molar-refractivity contribution in [1.82, 2.24) is 5.48 Å². The van der Waals surface area contributed by atoms with Crippen molar-refractivity contribution in [2.75, 3.05) is 0 Å². The molecule has 0 aliphatic rings. The molecule has 0 heterocycles. The highest BCUT2D eigenvalue weighted by atomic mass is 16.7. The molecule has 56 valence electrons. The zero-order valence-corrected chi connectivity index (χ0v) is 6.56. The van der Waals surface area contributed by atoms with Gasteiger partial charge in [-0.25, -0.2) is 0 Å². The molecule has 0 atom stereocenters. The van der Waals surface area contributed by atoms with E-state index in [0.29, 0.717) is 6.04 Å². The fourth-order valence-electron chi connectivity index (χ4n) is 0.270. The minimum Gasteiger partial charge on any atom is -0.302 e. The van der Waals surface area contributed by atoms with Crippen molar-refractivity contribution < 1.29 is 4.84 Å². The molecule has 0 saturated heterocycles. The molecule has 3 heteroatoms. The molecule has 0 aliphatic heterocycles. The van der Waals surface area contributed by atoms with Gasteiger partial charge in [-0.05, 0) is 27.7 Å². The van der Waals surface area contributed by atoms with Gasteiger partial charge >= 0.3 is 0 Å². The molecule has 0 aromatic rings. The third-order valence-corrected chi connectivity index (χ3v) is 0.558. The Morgan fingerprint density at radius 1 is 1.44 bits per heavy atom. The first-order valence-corrected chi connectivity index (χ1v) is 3.14. The maximum atomic E-state index is 5.50. The second-order valence-corrected chi connectivity index (χ2v) is 2.98. The zero-order chi connectivity index (χ0) is 7.49. The molecule has 3 nitrogen and oxygen atoms in total. The first-order chi connectivity index (χ1) is 3.92. The van der Waals surface area contributed by atoms with Crippen molar-refractivity contribution in [2.45, 2.75) is 39.5 Å². The minimum absolute atomic E-state index is 0.313. The first-order valence-electron chi connectivity index (χ1n) is 3.14. The molecular formula is C6H16N2O. The Morgan fingerprint density at radius 3 is 2.00 bits per heavy atom. The van der Waals surface area contributed by atoms with Gasteiger partial charge in [-0.1, -0.05) is 0 Å². The highest BCUT2D eigenvalue weighted by Crippen LogP contribution is 1.95. The summed E-state index contributed by atoms with van der Waals surface area (Å²) in [6, 6.07) is 0.313. The maximum absolute atomic E-state index is 5.50. The summed E-state index contributed by atoms with van der Waals surface area (Å²) in [4.78, 5) is 5.02. The van der Waals surface area contributed by atoms with Crippen molar-refractivity contribution >= 4 is 0 Å². The Hall–Kier alpha value is -0.120. The molecule has 0 amide bonds. The molecule has 0 bridgehead atoms. The second-order valence-electron chi connectivity index (χ2n) is 2.98. The third kappa shape index (κ3) is 7.88. The number of hydrogen-bond acceptors (Lipinski definition) is 3. The van der Waals surface area contributed by atoms with Crippen molar-refractivity contribution in [1.29, 1.82) is 0 Å². The van der Waals surface area contributed by atoms with E-state index in [9.17, 15) is 0 Å². The molecule has 0 aromatic heterocycles. The summed E-state index contributed by atoms with van der Waals surface area (Å²) in [5.41, 5.74) is 7.68. The Labute approximate surface area is 56.5 Å². The largest absolute Gasteiger partial charge is 0.302 e. The lowest BCUT2D eigenvalue weighted by atomic mass is 10.3. The average molecular weight is 132 g/mol. The van der Waals surface area contributed by atoms with Crippen molar-refractivity contribution in [3.63, 3.8) is 0 Å². The predicted octanol–water partition coefficient (Wildman–Crippen LogP) is 0.611. The van der Waals surface area contributed by atoms with Crippen LogP contribution in [0.15, 0.2) is 0 Å². The van der Waals surface area contributed by atoms with Crippen LogP contribution in [0.1, 0.15) is 27.7 Å². The van der Waals surface area contributed by atoms with Crippen LogP contribution < -0.4 is 11.2 Å². The van der Waals surface area contributed by atoms with E-state index in [-0.39, 0.29) is 0 Å². The van der Waals surface area contributed by atoms with Crippen LogP contribution in [0.3, 0.4) is 0 Å². The molecule has 0 rings (SSSR count). The van der Waals surface area contributed by atoms with Gasteiger partial charge in [0.05, 0.1) is 0 Å². The SMILES string of the molecule is CC(C)NOC(C)(C)N. The number of hydrogen-bond donors (Lipinski definition) is 2. The summed E-state index contributed by atoms with van der Waals surface area (Å²) in [6.07, 6.45) is 0. The van der Waals surface area contributed by atoms with Gasteiger partial charge in [0, 0.05) is 6.04 Å². The first kappa shape index (κ1) is 8.88. The summed E-state index contributed by atoms with van der Waals surface area (Å²) in [5.74, 6) is 0. The Kier molecular flexibility index (Phi) is 3.11. The van der Waals surface area contributed by atoms with Crippen LogP contribution in [0.5, 0.6) is 0 Å². The topological polar surface area (TPSA) is 47.3 Å². The van der Waals surface area contributed by atoms with Crippen LogP contribution in [0.25, 0.3) is 0 Å². The summed E-state index contributed by atoms with van der Waals surface area (Å²) in [6.45, 7) is 7.57. The van der Waals surface area contributed by atoms with Gasteiger partial charge < -0.3 is 5.73 Å². The van der Waals surface area contributed by atoms with Gasteiger partial charge in [0.1, 0.15) is 5.72 Å². The number of hydroxylamine groups is 1. The highest BCUT2D eigenvalue weighted by Gasteiger charge is 2.10. The van der Waals surface area contributed by atoms with E-state index in [0.717, 1.165) is 0 Å². The van der Waals surface area contributed by atoms with Gasteiger partial charge in [-0.2, -0.15) is 5.48 Å². The van der Waals surface area contributed by atoms with Crippen LogP contribution in [-0.4, -0.2) is 11.8 Å². The maximum Gasteiger partial charge on any atom is 0.132 e. The van der Waals surface area contributed by atoms with Gasteiger partial charge in [-0.15, -0.1) is 0 Å². The molecule has 0 fully saturated rings. The van der Waals surface area contributed by atoms with Crippen LogP contribution in [0, 0.1) is 0 Å². The van der Waals surface area contributed by atoms with Crippen molar-refractivity contribution in [3.05, 3.63) is 0 Å².